The molecule has 0 spiro atoms. The van der Waals surface area contributed by atoms with Gasteiger partial charge in [0, 0.05) is 36.4 Å². The third-order valence-corrected chi connectivity index (χ3v) is 3.96. The van der Waals surface area contributed by atoms with Crippen LogP contribution in [0, 0.1) is 0 Å². The Hall–Kier alpha value is -2.66. The Morgan fingerprint density at radius 3 is 2.75 bits per heavy atom. The van der Waals surface area contributed by atoms with Gasteiger partial charge in [0.25, 0.3) is 0 Å². The number of nitrogens with one attached hydrogen (secondary N) is 2. The fourth-order valence-electron chi connectivity index (χ4n) is 2.65. The molecule has 3 aromatic rings. The monoisotopic (exact) mass is 322 g/mol. The average Bonchev–Trinajstić information content (AvgIpc) is 2.97. The van der Waals surface area contributed by atoms with Crippen molar-refractivity contribution in [3.05, 3.63) is 54.4 Å². The lowest BCUT2D eigenvalue weighted by molar-refractivity contribution is -0.120. The molecule has 0 atom stereocenters. The van der Waals surface area contributed by atoms with Crippen molar-refractivity contribution in [3.8, 4) is 11.1 Å². The SMILES string of the molecule is CN(C)CCNC(=O)Cc1c[nH]c2ncc(-c3ccccc3)cc12. The summed E-state index contributed by atoms with van der Waals surface area (Å²) in [7, 11) is 3.98. The number of pyridine rings is 1. The zero-order valence-corrected chi connectivity index (χ0v) is 14.0. The summed E-state index contributed by atoms with van der Waals surface area (Å²) in [5.41, 5.74) is 3.95. The zero-order valence-electron chi connectivity index (χ0n) is 14.0. The molecule has 24 heavy (non-hydrogen) atoms. The quantitative estimate of drug-likeness (QED) is 0.733. The van der Waals surface area contributed by atoms with Gasteiger partial charge in [-0.2, -0.15) is 0 Å². The first-order chi connectivity index (χ1) is 11.6. The number of carbonyl (C=O) groups is 1. The zero-order chi connectivity index (χ0) is 16.9. The third-order valence-electron chi connectivity index (χ3n) is 3.96. The van der Waals surface area contributed by atoms with Crippen molar-refractivity contribution < 1.29 is 4.79 Å². The van der Waals surface area contributed by atoms with E-state index in [-0.39, 0.29) is 5.91 Å². The number of carbonyl (C=O) groups excluding carboxylic acids is 1. The highest BCUT2D eigenvalue weighted by molar-refractivity contribution is 5.89. The molecule has 2 heterocycles. The number of nitrogens with zero attached hydrogens (tertiary/aromatic N) is 2. The number of rotatable bonds is 6. The summed E-state index contributed by atoms with van der Waals surface area (Å²) in [5.74, 6) is 0.0304. The molecule has 2 aromatic heterocycles. The topological polar surface area (TPSA) is 61.0 Å². The predicted molar refractivity (Wildman–Crippen MR) is 96.8 cm³/mol. The molecular formula is C19H22N4O. The Kier molecular flexibility index (Phi) is 4.91. The van der Waals surface area contributed by atoms with Crippen LogP contribution in [0.5, 0.6) is 0 Å². The van der Waals surface area contributed by atoms with E-state index in [0.29, 0.717) is 13.0 Å². The summed E-state index contributed by atoms with van der Waals surface area (Å²) in [6, 6.07) is 12.2. The van der Waals surface area contributed by atoms with Gasteiger partial charge >= 0.3 is 0 Å². The normalized spacial score (nSPS) is 11.1. The second-order valence-corrected chi connectivity index (χ2v) is 6.13. The van der Waals surface area contributed by atoms with Crippen LogP contribution in [0.2, 0.25) is 0 Å². The number of H-pyrrole nitrogens is 1. The Balaban J connectivity index is 1.78. The molecule has 0 saturated heterocycles. The second kappa shape index (κ2) is 7.27. The van der Waals surface area contributed by atoms with Crippen molar-refractivity contribution >= 4 is 16.9 Å². The summed E-state index contributed by atoms with van der Waals surface area (Å²) in [4.78, 5) is 21.8. The van der Waals surface area contributed by atoms with Crippen LogP contribution in [0.25, 0.3) is 22.2 Å². The van der Waals surface area contributed by atoms with Gasteiger partial charge in [-0.3, -0.25) is 4.79 Å². The third kappa shape index (κ3) is 3.81. The Labute approximate surface area is 141 Å². The number of aromatic nitrogens is 2. The molecular weight excluding hydrogens is 300 g/mol. The average molecular weight is 322 g/mol. The van der Waals surface area contributed by atoms with Gasteiger partial charge in [0.1, 0.15) is 5.65 Å². The summed E-state index contributed by atoms with van der Waals surface area (Å²) in [6.45, 7) is 1.49. The van der Waals surface area contributed by atoms with E-state index in [9.17, 15) is 4.79 Å². The van der Waals surface area contributed by atoms with Crippen LogP contribution < -0.4 is 5.32 Å². The molecule has 0 radical (unpaired) electrons. The Morgan fingerprint density at radius 2 is 2.00 bits per heavy atom. The Morgan fingerprint density at radius 1 is 1.21 bits per heavy atom. The van der Waals surface area contributed by atoms with Crippen molar-refractivity contribution in [2.45, 2.75) is 6.42 Å². The van der Waals surface area contributed by atoms with Crippen LogP contribution in [-0.4, -0.2) is 48.0 Å². The van der Waals surface area contributed by atoms with Gasteiger partial charge in [-0.25, -0.2) is 4.98 Å². The number of benzene rings is 1. The number of hydrogen-bond donors (Lipinski definition) is 2. The van der Waals surface area contributed by atoms with Gasteiger partial charge in [0.2, 0.25) is 5.91 Å². The maximum absolute atomic E-state index is 12.1. The molecule has 124 valence electrons. The molecule has 0 aliphatic rings. The van der Waals surface area contributed by atoms with Crippen LogP contribution in [0.15, 0.2) is 48.8 Å². The van der Waals surface area contributed by atoms with Crippen molar-refractivity contribution in [1.29, 1.82) is 0 Å². The van der Waals surface area contributed by atoms with Gasteiger partial charge in [-0.05, 0) is 31.3 Å². The standard InChI is InChI=1S/C19H22N4O/c1-23(2)9-8-20-18(24)11-16-13-22-19-17(16)10-15(12-21-19)14-6-4-3-5-7-14/h3-7,10,12-13H,8-9,11H2,1-2H3,(H,20,24)(H,21,22). The van der Waals surface area contributed by atoms with Crippen LogP contribution in [0.1, 0.15) is 5.56 Å². The molecule has 0 aliphatic heterocycles. The highest BCUT2D eigenvalue weighted by atomic mass is 16.1. The molecule has 2 N–H and O–H groups in total. The summed E-state index contributed by atoms with van der Waals surface area (Å²) in [5, 5.41) is 3.95. The van der Waals surface area contributed by atoms with Gasteiger partial charge < -0.3 is 15.2 Å². The number of amides is 1. The fourth-order valence-corrected chi connectivity index (χ4v) is 2.65. The highest BCUT2D eigenvalue weighted by Crippen LogP contribution is 2.24. The van der Waals surface area contributed by atoms with Crippen LogP contribution in [0.4, 0.5) is 0 Å². The first-order valence-corrected chi connectivity index (χ1v) is 8.06. The van der Waals surface area contributed by atoms with Crippen LogP contribution in [-0.2, 0) is 11.2 Å². The maximum atomic E-state index is 12.1. The predicted octanol–water partition coefficient (Wildman–Crippen LogP) is 2.45. The lowest BCUT2D eigenvalue weighted by Crippen LogP contribution is -2.32. The van der Waals surface area contributed by atoms with E-state index in [1.807, 2.05) is 49.6 Å². The van der Waals surface area contributed by atoms with Gasteiger partial charge in [-0.1, -0.05) is 30.3 Å². The first kappa shape index (κ1) is 16.2. The van der Waals surface area contributed by atoms with Crippen LogP contribution >= 0.6 is 0 Å². The molecule has 0 unspecified atom stereocenters. The highest BCUT2D eigenvalue weighted by Gasteiger charge is 2.10. The minimum absolute atomic E-state index is 0.0304. The van der Waals surface area contributed by atoms with E-state index in [1.165, 1.54) is 0 Å². The minimum atomic E-state index is 0.0304. The van der Waals surface area contributed by atoms with Crippen molar-refractivity contribution in [1.82, 2.24) is 20.2 Å². The van der Waals surface area contributed by atoms with Crippen molar-refractivity contribution in [2.24, 2.45) is 0 Å². The molecule has 5 nitrogen and oxygen atoms in total. The largest absolute Gasteiger partial charge is 0.355 e. The smallest absolute Gasteiger partial charge is 0.224 e. The van der Waals surface area contributed by atoms with Gasteiger partial charge in [0.05, 0.1) is 6.42 Å². The maximum Gasteiger partial charge on any atom is 0.224 e. The molecule has 0 aliphatic carbocycles. The number of aromatic amines is 1. The first-order valence-electron chi connectivity index (χ1n) is 8.06. The Bertz CT molecular complexity index is 824. The molecule has 1 aromatic carbocycles. The van der Waals surface area contributed by atoms with Gasteiger partial charge in [0.15, 0.2) is 0 Å². The lowest BCUT2D eigenvalue weighted by atomic mass is 10.0. The van der Waals surface area contributed by atoms with E-state index < -0.39 is 0 Å². The summed E-state index contributed by atoms with van der Waals surface area (Å²) in [6.07, 6.45) is 4.08. The number of hydrogen-bond acceptors (Lipinski definition) is 3. The summed E-state index contributed by atoms with van der Waals surface area (Å²) < 4.78 is 0. The van der Waals surface area contributed by atoms with E-state index >= 15 is 0 Å². The van der Waals surface area contributed by atoms with Crippen molar-refractivity contribution in [2.75, 3.05) is 27.2 Å². The molecule has 1 amide bonds. The number of fused-ring (bicyclic) bond motifs is 1. The van der Waals surface area contributed by atoms with Gasteiger partial charge in [-0.15, -0.1) is 0 Å². The molecule has 0 fully saturated rings. The van der Waals surface area contributed by atoms with E-state index in [4.69, 9.17) is 0 Å². The summed E-state index contributed by atoms with van der Waals surface area (Å²) >= 11 is 0. The lowest BCUT2D eigenvalue weighted by Gasteiger charge is -2.10. The van der Waals surface area contributed by atoms with Crippen molar-refractivity contribution in [3.63, 3.8) is 0 Å². The van der Waals surface area contributed by atoms with E-state index in [1.54, 1.807) is 0 Å². The molecule has 0 saturated carbocycles. The number of likely N-dealkylation sites (N-methyl/N-ethyl adjacent to an activating group) is 1. The fraction of sp³-hybridized carbons (Fsp3) is 0.263. The molecule has 0 bridgehead atoms. The van der Waals surface area contributed by atoms with E-state index in [0.717, 1.165) is 34.3 Å². The minimum Gasteiger partial charge on any atom is -0.355 e. The van der Waals surface area contributed by atoms with Crippen LogP contribution in [0.3, 0.4) is 0 Å². The second-order valence-electron chi connectivity index (χ2n) is 6.13. The van der Waals surface area contributed by atoms with E-state index in [2.05, 4.69) is 33.5 Å². The molecule has 3 rings (SSSR count). The molecule has 5 heteroatoms.